The highest BCUT2D eigenvalue weighted by Gasteiger charge is 2.07. The highest BCUT2D eigenvalue weighted by molar-refractivity contribution is 7.99. The Bertz CT molecular complexity index is 596. The number of aromatic nitrogens is 1. The number of para-hydroxylation sites is 1. The summed E-state index contributed by atoms with van der Waals surface area (Å²) in [6, 6.07) is 8.16. The predicted octanol–water partition coefficient (Wildman–Crippen LogP) is 3.12. The van der Waals surface area contributed by atoms with Crippen molar-refractivity contribution in [3.05, 3.63) is 35.4 Å². The van der Waals surface area contributed by atoms with Crippen LogP contribution in [0.3, 0.4) is 0 Å². The Morgan fingerprint density at radius 3 is 2.83 bits per heavy atom. The number of thioether (sulfide) groups is 1. The summed E-state index contributed by atoms with van der Waals surface area (Å²) in [5.74, 6) is 0.0599. The number of hydrogen-bond acceptors (Lipinski definition) is 4. The first-order valence-corrected chi connectivity index (χ1v) is 6.67. The van der Waals surface area contributed by atoms with E-state index in [0.29, 0.717) is 5.75 Å². The molecule has 0 N–H and O–H groups in total. The van der Waals surface area contributed by atoms with Crippen molar-refractivity contribution in [2.45, 2.75) is 18.9 Å². The number of ether oxygens (including phenoxy) is 1. The maximum Gasteiger partial charge on any atom is 0.316 e. The molecule has 0 unspecified atom stereocenters. The van der Waals surface area contributed by atoms with Crippen molar-refractivity contribution < 1.29 is 9.53 Å². The van der Waals surface area contributed by atoms with Gasteiger partial charge >= 0.3 is 5.97 Å². The van der Waals surface area contributed by atoms with Crippen molar-refractivity contribution >= 4 is 28.6 Å². The fraction of sp³-hybridized carbons (Fsp3) is 0.286. The number of fused-ring (bicyclic) bond motifs is 1. The van der Waals surface area contributed by atoms with E-state index in [9.17, 15) is 4.79 Å². The lowest BCUT2D eigenvalue weighted by Gasteiger charge is -2.07. The lowest BCUT2D eigenvalue weighted by Crippen LogP contribution is -2.03. The number of carbonyl (C=O) groups excluding carboxylic acids is 1. The molecule has 0 saturated carbocycles. The average molecular weight is 261 g/mol. The summed E-state index contributed by atoms with van der Waals surface area (Å²) in [6.45, 7) is 4.11. The largest absolute Gasteiger partial charge is 0.468 e. The fourth-order valence-corrected chi connectivity index (χ4v) is 2.60. The van der Waals surface area contributed by atoms with E-state index in [1.807, 2.05) is 25.1 Å². The molecule has 1 aromatic carbocycles. The summed E-state index contributed by atoms with van der Waals surface area (Å²) in [5, 5.41) is 2.03. The molecule has 0 fully saturated rings. The van der Waals surface area contributed by atoms with Crippen LogP contribution in [0, 0.1) is 13.8 Å². The molecule has 1 heterocycles. The average Bonchev–Trinajstić information content (AvgIpc) is 2.37. The normalized spacial score (nSPS) is 10.6. The summed E-state index contributed by atoms with van der Waals surface area (Å²) < 4.78 is 4.63. The van der Waals surface area contributed by atoms with Crippen molar-refractivity contribution in [2.75, 3.05) is 12.9 Å². The molecule has 0 atom stereocenters. The van der Waals surface area contributed by atoms with Gasteiger partial charge in [-0.1, -0.05) is 30.0 Å². The van der Waals surface area contributed by atoms with Crippen LogP contribution in [0.25, 0.3) is 10.9 Å². The first-order chi connectivity index (χ1) is 8.61. The van der Waals surface area contributed by atoms with Gasteiger partial charge in [-0.2, -0.15) is 0 Å². The Morgan fingerprint density at radius 2 is 2.11 bits per heavy atom. The lowest BCUT2D eigenvalue weighted by atomic mass is 10.1. The van der Waals surface area contributed by atoms with Crippen LogP contribution in [-0.4, -0.2) is 23.8 Å². The van der Waals surface area contributed by atoms with Crippen LogP contribution in [0.15, 0.2) is 29.3 Å². The molecule has 2 rings (SSSR count). The van der Waals surface area contributed by atoms with Gasteiger partial charge in [-0.05, 0) is 31.0 Å². The van der Waals surface area contributed by atoms with Crippen molar-refractivity contribution in [3.63, 3.8) is 0 Å². The summed E-state index contributed by atoms with van der Waals surface area (Å²) >= 11 is 1.41. The van der Waals surface area contributed by atoms with Crippen LogP contribution in [0.1, 0.15) is 11.1 Å². The predicted molar refractivity (Wildman–Crippen MR) is 74.0 cm³/mol. The van der Waals surface area contributed by atoms with Gasteiger partial charge in [-0.15, -0.1) is 0 Å². The third kappa shape index (κ3) is 2.64. The van der Waals surface area contributed by atoms with E-state index in [2.05, 4.69) is 22.7 Å². The van der Waals surface area contributed by atoms with Gasteiger partial charge in [-0.3, -0.25) is 4.79 Å². The lowest BCUT2D eigenvalue weighted by molar-refractivity contribution is -0.137. The maximum atomic E-state index is 11.1. The van der Waals surface area contributed by atoms with Gasteiger partial charge in [0.2, 0.25) is 0 Å². The highest BCUT2D eigenvalue weighted by Crippen LogP contribution is 2.25. The smallest absolute Gasteiger partial charge is 0.316 e. The molecule has 0 amide bonds. The van der Waals surface area contributed by atoms with E-state index >= 15 is 0 Å². The van der Waals surface area contributed by atoms with Gasteiger partial charge in [0, 0.05) is 5.39 Å². The topological polar surface area (TPSA) is 39.2 Å². The number of hydrogen-bond donors (Lipinski definition) is 0. The van der Waals surface area contributed by atoms with E-state index in [1.54, 1.807) is 0 Å². The van der Waals surface area contributed by atoms with Crippen LogP contribution in [0.5, 0.6) is 0 Å². The van der Waals surface area contributed by atoms with Gasteiger partial charge in [0.05, 0.1) is 23.4 Å². The molecule has 1 aromatic heterocycles. The van der Waals surface area contributed by atoms with E-state index in [1.165, 1.54) is 24.4 Å². The number of nitrogens with zero attached hydrogens (tertiary/aromatic N) is 1. The second kappa shape index (κ2) is 5.40. The summed E-state index contributed by atoms with van der Waals surface area (Å²) in [5.41, 5.74) is 3.33. The van der Waals surface area contributed by atoms with Crippen LogP contribution in [-0.2, 0) is 9.53 Å². The molecule has 18 heavy (non-hydrogen) atoms. The third-order valence-electron chi connectivity index (χ3n) is 2.79. The summed E-state index contributed by atoms with van der Waals surface area (Å²) in [4.78, 5) is 15.7. The quantitative estimate of drug-likeness (QED) is 0.628. The minimum absolute atomic E-state index is 0.232. The maximum absolute atomic E-state index is 11.1. The number of aryl methyl sites for hydroxylation is 2. The Morgan fingerprint density at radius 1 is 1.33 bits per heavy atom. The number of carbonyl (C=O) groups is 1. The Hall–Kier alpha value is -1.55. The van der Waals surface area contributed by atoms with Crippen molar-refractivity contribution in [3.8, 4) is 0 Å². The molecule has 0 aliphatic heterocycles. The Labute approximate surface area is 111 Å². The van der Waals surface area contributed by atoms with Gasteiger partial charge < -0.3 is 4.74 Å². The second-order valence-corrected chi connectivity index (χ2v) is 5.11. The molecule has 0 saturated heterocycles. The van der Waals surface area contributed by atoms with Crippen molar-refractivity contribution in [1.29, 1.82) is 0 Å². The Balaban J connectivity index is 2.36. The highest BCUT2D eigenvalue weighted by atomic mass is 32.2. The summed E-state index contributed by atoms with van der Waals surface area (Å²) in [7, 11) is 1.39. The molecule has 0 spiro atoms. The van der Waals surface area contributed by atoms with Gasteiger partial charge in [0.1, 0.15) is 0 Å². The standard InChI is InChI=1S/C14H15NO2S/c1-9-5-4-6-11-10(2)7-12(15-14(9)11)18-8-13(16)17-3/h4-7H,8H2,1-3H3. The van der Waals surface area contributed by atoms with Crippen molar-refractivity contribution in [1.82, 2.24) is 4.98 Å². The van der Waals surface area contributed by atoms with E-state index in [-0.39, 0.29) is 5.97 Å². The van der Waals surface area contributed by atoms with E-state index < -0.39 is 0 Å². The number of methoxy groups -OCH3 is 1. The molecule has 3 nitrogen and oxygen atoms in total. The van der Waals surface area contributed by atoms with E-state index in [4.69, 9.17) is 0 Å². The minimum atomic E-state index is -0.232. The number of rotatable bonds is 3. The summed E-state index contributed by atoms with van der Waals surface area (Å²) in [6.07, 6.45) is 0. The number of esters is 1. The number of pyridine rings is 1. The zero-order valence-electron chi connectivity index (χ0n) is 10.7. The first-order valence-electron chi connectivity index (χ1n) is 5.68. The molecular formula is C14H15NO2S. The van der Waals surface area contributed by atoms with Crippen LogP contribution in [0.4, 0.5) is 0 Å². The molecule has 0 bridgehead atoms. The molecule has 0 aliphatic rings. The molecule has 0 aliphatic carbocycles. The van der Waals surface area contributed by atoms with Gasteiger partial charge in [0.15, 0.2) is 0 Å². The Kier molecular flexibility index (Phi) is 3.87. The first kappa shape index (κ1) is 12.9. The molecule has 4 heteroatoms. The monoisotopic (exact) mass is 261 g/mol. The fourth-order valence-electron chi connectivity index (χ4n) is 1.80. The second-order valence-electron chi connectivity index (χ2n) is 4.11. The van der Waals surface area contributed by atoms with Crippen LogP contribution in [0.2, 0.25) is 0 Å². The molecule has 94 valence electrons. The van der Waals surface area contributed by atoms with Gasteiger partial charge in [0.25, 0.3) is 0 Å². The third-order valence-corrected chi connectivity index (χ3v) is 3.68. The van der Waals surface area contributed by atoms with Crippen molar-refractivity contribution in [2.24, 2.45) is 0 Å². The number of benzene rings is 1. The molecule has 2 aromatic rings. The van der Waals surface area contributed by atoms with Crippen LogP contribution < -0.4 is 0 Å². The SMILES string of the molecule is COC(=O)CSc1cc(C)c2cccc(C)c2n1. The zero-order valence-corrected chi connectivity index (χ0v) is 11.5. The minimum Gasteiger partial charge on any atom is -0.468 e. The molecule has 0 radical (unpaired) electrons. The zero-order chi connectivity index (χ0) is 13.1. The van der Waals surface area contributed by atoms with Gasteiger partial charge in [-0.25, -0.2) is 4.98 Å². The molecular weight excluding hydrogens is 246 g/mol. The van der Waals surface area contributed by atoms with E-state index in [0.717, 1.165) is 21.5 Å². The van der Waals surface area contributed by atoms with Crippen LogP contribution >= 0.6 is 11.8 Å².